The van der Waals surface area contributed by atoms with E-state index in [1.165, 1.54) is 28.4 Å². The number of aromatic nitrogens is 1. The maximum Gasteiger partial charge on any atom is 0.410 e. The zero-order valence-electron chi connectivity index (χ0n) is 18.8. The normalized spacial score (nSPS) is 14.9. The fourth-order valence-electron chi connectivity index (χ4n) is 4.32. The smallest absolute Gasteiger partial charge is 0.410 e. The summed E-state index contributed by atoms with van der Waals surface area (Å²) in [5.74, 6) is -1.27. The summed E-state index contributed by atoms with van der Waals surface area (Å²) in [5.41, 5.74) is 2.73. The molecule has 1 unspecified atom stereocenters. The second-order valence-corrected chi connectivity index (χ2v) is 9.74. The molecule has 4 aromatic rings. The highest BCUT2D eigenvalue weighted by atomic mass is 35.5. The zero-order valence-corrected chi connectivity index (χ0v) is 20.4. The van der Waals surface area contributed by atoms with Crippen LogP contribution >= 0.6 is 22.9 Å². The molecule has 0 fully saturated rings. The molecule has 7 nitrogen and oxygen atoms in total. The van der Waals surface area contributed by atoms with Gasteiger partial charge in [0.2, 0.25) is 0 Å². The van der Waals surface area contributed by atoms with E-state index in [-0.39, 0.29) is 24.7 Å². The molecule has 1 aliphatic heterocycles. The molecule has 1 N–H and O–H groups in total. The van der Waals surface area contributed by atoms with Crippen LogP contribution in [0, 0.1) is 5.82 Å². The number of rotatable bonds is 6. The molecule has 0 aliphatic carbocycles. The Labute approximate surface area is 214 Å². The molecular formula is C26H20ClFN2O5S. The molecule has 2 heterocycles. The summed E-state index contributed by atoms with van der Waals surface area (Å²) < 4.78 is 26.2. The number of ether oxygens (including phenoxy) is 2. The van der Waals surface area contributed by atoms with Gasteiger partial charge in [-0.05, 0) is 60.0 Å². The zero-order chi connectivity index (χ0) is 25.2. The maximum absolute atomic E-state index is 14.0. The first kappa shape index (κ1) is 24.0. The highest BCUT2D eigenvalue weighted by molar-refractivity contribution is 7.18. The van der Waals surface area contributed by atoms with E-state index in [9.17, 15) is 14.0 Å². The summed E-state index contributed by atoms with van der Waals surface area (Å²) in [6, 6.07) is 16.1. The van der Waals surface area contributed by atoms with E-state index >= 15 is 0 Å². The van der Waals surface area contributed by atoms with Gasteiger partial charge in [-0.1, -0.05) is 29.8 Å². The van der Waals surface area contributed by atoms with Gasteiger partial charge in [0.15, 0.2) is 6.61 Å². The Morgan fingerprint density at radius 3 is 2.78 bits per heavy atom. The molecule has 5 rings (SSSR count). The first-order chi connectivity index (χ1) is 17.4. The number of carbonyl (C=O) groups excluding carboxylic acids is 1. The molecule has 1 amide bonds. The van der Waals surface area contributed by atoms with E-state index in [4.69, 9.17) is 26.2 Å². The number of aliphatic carboxylic acids is 1. The second kappa shape index (κ2) is 10.1. The van der Waals surface area contributed by atoms with Gasteiger partial charge < -0.3 is 14.6 Å². The van der Waals surface area contributed by atoms with E-state index in [0.29, 0.717) is 27.6 Å². The van der Waals surface area contributed by atoms with Crippen LogP contribution < -0.4 is 4.74 Å². The summed E-state index contributed by atoms with van der Waals surface area (Å²) in [7, 11) is 0. The number of carboxylic acid groups (broad SMARTS) is 1. The van der Waals surface area contributed by atoms with Crippen LogP contribution in [0.2, 0.25) is 5.02 Å². The molecule has 184 valence electrons. The molecule has 0 spiro atoms. The lowest BCUT2D eigenvalue weighted by Gasteiger charge is -2.37. The Balaban J connectivity index is 1.48. The van der Waals surface area contributed by atoms with Crippen LogP contribution in [0.1, 0.15) is 27.7 Å². The minimum absolute atomic E-state index is 0.00437. The number of hydrogen-bond donors (Lipinski definition) is 1. The van der Waals surface area contributed by atoms with Crippen LogP contribution in [0.5, 0.6) is 5.75 Å². The van der Waals surface area contributed by atoms with Crippen molar-refractivity contribution in [3.05, 3.63) is 93.2 Å². The van der Waals surface area contributed by atoms with Crippen molar-refractivity contribution in [1.82, 2.24) is 9.88 Å². The summed E-state index contributed by atoms with van der Waals surface area (Å²) in [5, 5.41) is 10.1. The number of fused-ring (bicyclic) bond motifs is 2. The molecule has 1 aliphatic rings. The van der Waals surface area contributed by atoms with Crippen LogP contribution in [0.25, 0.3) is 10.2 Å². The van der Waals surface area contributed by atoms with Crippen LogP contribution in [-0.2, 0) is 22.6 Å². The van der Waals surface area contributed by atoms with Crippen LogP contribution in [0.3, 0.4) is 0 Å². The summed E-state index contributed by atoms with van der Waals surface area (Å²) in [4.78, 5) is 30.5. The van der Waals surface area contributed by atoms with Gasteiger partial charge in [0.05, 0.1) is 16.3 Å². The minimum Gasteiger partial charge on any atom is -0.482 e. The molecule has 1 aromatic heterocycles. The average Bonchev–Trinajstić information content (AvgIpc) is 3.28. The van der Waals surface area contributed by atoms with E-state index in [2.05, 4.69) is 4.98 Å². The first-order valence-corrected chi connectivity index (χ1v) is 12.3. The number of carboxylic acids is 1. The molecule has 0 saturated carbocycles. The van der Waals surface area contributed by atoms with Crippen molar-refractivity contribution >= 4 is 45.2 Å². The van der Waals surface area contributed by atoms with Crippen molar-refractivity contribution in [3.8, 4) is 5.75 Å². The van der Waals surface area contributed by atoms with Crippen molar-refractivity contribution < 1.29 is 28.6 Å². The third-order valence-electron chi connectivity index (χ3n) is 5.84. The van der Waals surface area contributed by atoms with Gasteiger partial charge in [-0.2, -0.15) is 0 Å². The Kier molecular flexibility index (Phi) is 6.75. The van der Waals surface area contributed by atoms with Gasteiger partial charge in [-0.15, -0.1) is 11.3 Å². The molecule has 0 bridgehead atoms. The molecular weight excluding hydrogens is 507 g/mol. The number of thiazole rings is 1. The van der Waals surface area contributed by atoms with Crippen molar-refractivity contribution in [3.63, 3.8) is 0 Å². The molecule has 0 radical (unpaired) electrons. The maximum atomic E-state index is 14.0. The van der Waals surface area contributed by atoms with Crippen molar-refractivity contribution in [1.29, 1.82) is 0 Å². The summed E-state index contributed by atoms with van der Waals surface area (Å²) in [6.45, 7) is -0.319. The van der Waals surface area contributed by atoms with E-state index in [1.54, 1.807) is 24.3 Å². The number of halogens is 2. The van der Waals surface area contributed by atoms with Gasteiger partial charge in [0.1, 0.15) is 23.2 Å². The van der Waals surface area contributed by atoms with Gasteiger partial charge in [-0.25, -0.2) is 19.0 Å². The van der Waals surface area contributed by atoms with Gasteiger partial charge in [0.25, 0.3) is 0 Å². The van der Waals surface area contributed by atoms with E-state index in [1.807, 2.05) is 24.3 Å². The SMILES string of the molecule is O=C(O)COc1ccc(Cl)cc1C1c2ccc(F)cc2CCN1C(=O)OCc1nc2ccccc2s1. The fourth-order valence-corrected chi connectivity index (χ4v) is 5.38. The molecule has 1 atom stereocenters. The Bertz CT molecular complexity index is 1430. The van der Waals surface area contributed by atoms with Crippen LogP contribution in [-0.4, -0.2) is 40.2 Å². The van der Waals surface area contributed by atoms with Crippen LogP contribution in [0.15, 0.2) is 60.7 Å². The molecule has 0 saturated heterocycles. The average molecular weight is 527 g/mol. The number of benzene rings is 3. The predicted octanol–water partition coefficient (Wildman–Crippen LogP) is 5.84. The highest BCUT2D eigenvalue weighted by Crippen LogP contribution is 2.41. The lowest BCUT2D eigenvalue weighted by Crippen LogP contribution is -2.41. The lowest BCUT2D eigenvalue weighted by atomic mass is 9.88. The topological polar surface area (TPSA) is 89.0 Å². The van der Waals surface area contributed by atoms with Gasteiger partial charge in [0, 0.05) is 17.1 Å². The molecule has 3 aromatic carbocycles. The minimum atomic E-state index is -1.14. The monoisotopic (exact) mass is 526 g/mol. The quantitative estimate of drug-likeness (QED) is 0.340. The predicted molar refractivity (Wildman–Crippen MR) is 133 cm³/mol. The van der Waals surface area contributed by atoms with E-state index < -0.39 is 24.7 Å². The third-order valence-corrected chi connectivity index (χ3v) is 7.09. The Morgan fingerprint density at radius 2 is 1.97 bits per heavy atom. The lowest BCUT2D eigenvalue weighted by molar-refractivity contribution is -0.139. The number of amides is 1. The third kappa shape index (κ3) is 4.98. The number of hydrogen-bond acceptors (Lipinski definition) is 6. The fraction of sp³-hybridized carbons (Fsp3) is 0.192. The Morgan fingerprint density at radius 1 is 1.14 bits per heavy atom. The molecule has 10 heteroatoms. The van der Waals surface area contributed by atoms with Crippen LogP contribution in [0.4, 0.5) is 9.18 Å². The highest BCUT2D eigenvalue weighted by Gasteiger charge is 2.35. The second-order valence-electron chi connectivity index (χ2n) is 8.18. The van der Waals surface area contributed by atoms with E-state index in [0.717, 1.165) is 15.8 Å². The van der Waals surface area contributed by atoms with Crippen molar-refractivity contribution in [2.24, 2.45) is 0 Å². The largest absolute Gasteiger partial charge is 0.482 e. The Hall–Kier alpha value is -3.69. The number of carbonyl (C=O) groups is 2. The summed E-state index contributed by atoms with van der Waals surface area (Å²) in [6.07, 6.45) is -0.162. The number of nitrogens with zero attached hydrogens (tertiary/aromatic N) is 2. The van der Waals surface area contributed by atoms with Crippen molar-refractivity contribution in [2.45, 2.75) is 19.1 Å². The van der Waals surface area contributed by atoms with Gasteiger partial charge >= 0.3 is 12.1 Å². The molecule has 36 heavy (non-hydrogen) atoms. The number of para-hydroxylation sites is 1. The van der Waals surface area contributed by atoms with Gasteiger partial charge in [-0.3, -0.25) is 4.90 Å². The first-order valence-electron chi connectivity index (χ1n) is 11.1. The standard InChI is InChI=1S/C26H20ClFN2O5S/c27-16-5-8-21(34-14-24(31)32)19(12-16)25-18-7-6-17(28)11-15(18)9-10-30(25)26(33)35-13-23-29-20-3-1-2-4-22(20)36-23/h1-8,11-12,25H,9-10,13-14H2,(H,31,32). The summed E-state index contributed by atoms with van der Waals surface area (Å²) >= 11 is 7.73. The van der Waals surface area contributed by atoms with Crippen molar-refractivity contribution in [2.75, 3.05) is 13.2 Å².